The molecule has 2 rings (SSSR count). The molecule has 2 aromatic carbocycles. The molecule has 0 unspecified atom stereocenters. The summed E-state index contributed by atoms with van der Waals surface area (Å²) in [6.45, 7) is 0. The Labute approximate surface area is 145 Å². The zero-order chi connectivity index (χ0) is 16.7. The molecule has 0 amide bonds. The summed E-state index contributed by atoms with van der Waals surface area (Å²) < 4.78 is 10.4. The van der Waals surface area contributed by atoms with Crippen LogP contribution in [0.2, 0.25) is 5.02 Å². The fourth-order valence-electron chi connectivity index (χ4n) is 1.82. The van der Waals surface area contributed by atoms with Crippen LogP contribution >= 0.6 is 23.8 Å². The topological polar surface area (TPSA) is 54.9 Å². The van der Waals surface area contributed by atoms with Gasteiger partial charge in [-0.3, -0.25) is 5.43 Å². The van der Waals surface area contributed by atoms with E-state index in [9.17, 15) is 0 Å². The number of anilines is 1. The van der Waals surface area contributed by atoms with Crippen molar-refractivity contribution in [1.29, 1.82) is 0 Å². The number of methoxy groups -OCH3 is 2. The minimum Gasteiger partial charge on any atom is -0.493 e. The summed E-state index contributed by atoms with van der Waals surface area (Å²) in [5.74, 6) is 1.30. The van der Waals surface area contributed by atoms with E-state index in [1.165, 1.54) is 0 Å². The number of thiocarbonyl (C=S) groups is 1. The van der Waals surface area contributed by atoms with E-state index in [4.69, 9.17) is 33.3 Å². The normalized spacial score (nSPS) is 10.4. The summed E-state index contributed by atoms with van der Waals surface area (Å²) in [5, 5.41) is 8.07. The summed E-state index contributed by atoms with van der Waals surface area (Å²) in [7, 11) is 3.17. The van der Waals surface area contributed by atoms with E-state index in [2.05, 4.69) is 15.8 Å². The van der Waals surface area contributed by atoms with Crippen molar-refractivity contribution in [2.24, 2.45) is 5.10 Å². The number of rotatable bonds is 5. The Hall–Kier alpha value is -2.31. The predicted molar refractivity (Wildman–Crippen MR) is 97.9 cm³/mol. The Morgan fingerprint density at radius 1 is 1.13 bits per heavy atom. The molecule has 0 radical (unpaired) electrons. The molecule has 2 aromatic rings. The number of hydrogen-bond acceptors (Lipinski definition) is 4. The van der Waals surface area contributed by atoms with Gasteiger partial charge in [-0.15, -0.1) is 0 Å². The van der Waals surface area contributed by atoms with Crippen molar-refractivity contribution in [2.75, 3.05) is 19.5 Å². The monoisotopic (exact) mass is 349 g/mol. The molecule has 0 aliphatic heterocycles. The Morgan fingerprint density at radius 2 is 1.91 bits per heavy atom. The maximum atomic E-state index is 5.91. The van der Waals surface area contributed by atoms with Crippen LogP contribution in [0.3, 0.4) is 0 Å². The third-order valence-corrected chi connectivity index (χ3v) is 3.30. The zero-order valence-corrected chi connectivity index (χ0v) is 14.2. The van der Waals surface area contributed by atoms with Crippen molar-refractivity contribution in [2.45, 2.75) is 0 Å². The highest BCUT2D eigenvalue weighted by Gasteiger charge is 2.03. The molecule has 0 atom stereocenters. The Morgan fingerprint density at radius 3 is 2.61 bits per heavy atom. The van der Waals surface area contributed by atoms with Gasteiger partial charge in [0.05, 0.1) is 20.4 Å². The molecule has 0 saturated carbocycles. The van der Waals surface area contributed by atoms with Crippen LogP contribution in [0.25, 0.3) is 0 Å². The van der Waals surface area contributed by atoms with Crippen LogP contribution in [-0.2, 0) is 0 Å². The second-order valence-corrected chi connectivity index (χ2v) is 5.29. The highest BCUT2D eigenvalue weighted by atomic mass is 35.5. The van der Waals surface area contributed by atoms with Crippen molar-refractivity contribution in [3.8, 4) is 11.5 Å². The van der Waals surface area contributed by atoms with Gasteiger partial charge in [-0.2, -0.15) is 5.10 Å². The largest absolute Gasteiger partial charge is 0.493 e. The molecule has 5 nitrogen and oxygen atoms in total. The summed E-state index contributed by atoms with van der Waals surface area (Å²) >= 11 is 11.1. The molecule has 120 valence electrons. The van der Waals surface area contributed by atoms with Crippen LogP contribution in [0.1, 0.15) is 5.56 Å². The number of nitrogens with one attached hydrogen (secondary N) is 2. The molecule has 0 bridgehead atoms. The van der Waals surface area contributed by atoms with Crippen molar-refractivity contribution in [1.82, 2.24) is 5.43 Å². The van der Waals surface area contributed by atoms with Gasteiger partial charge in [0.25, 0.3) is 0 Å². The molecule has 0 aliphatic rings. The Bertz CT molecular complexity index is 722. The van der Waals surface area contributed by atoms with Gasteiger partial charge in [-0.05, 0) is 54.2 Å². The summed E-state index contributed by atoms with van der Waals surface area (Å²) in [6, 6.07) is 12.7. The lowest BCUT2D eigenvalue weighted by atomic mass is 10.2. The first kappa shape index (κ1) is 17.1. The summed E-state index contributed by atoms with van der Waals surface area (Å²) in [6.07, 6.45) is 1.63. The number of ether oxygens (including phenoxy) is 2. The van der Waals surface area contributed by atoms with E-state index < -0.39 is 0 Å². The first-order valence-corrected chi connectivity index (χ1v) is 7.48. The number of halogens is 1. The van der Waals surface area contributed by atoms with Gasteiger partial charge in [-0.1, -0.05) is 17.7 Å². The lowest BCUT2D eigenvalue weighted by Crippen LogP contribution is -2.23. The van der Waals surface area contributed by atoms with E-state index in [0.717, 1.165) is 11.3 Å². The first-order valence-electron chi connectivity index (χ1n) is 6.70. The van der Waals surface area contributed by atoms with Crippen LogP contribution in [0.15, 0.2) is 47.6 Å². The molecular formula is C16H16ClN3O2S. The van der Waals surface area contributed by atoms with Gasteiger partial charge in [0.1, 0.15) is 0 Å². The fraction of sp³-hybridized carbons (Fsp3) is 0.125. The highest BCUT2D eigenvalue weighted by molar-refractivity contribution is 7.80. The summed E-state index contributed by atoms with van der Waals surface area (Å²) in [5.41, 5.74) is 4.38. The first-order chi connectivity index (χ1) is 11.1. The van der Waals surface area contributed by atoms with Crippen LogP contribution < -0.4 is 20.2 Å². The van der Waals surface area contributed by atoms with Crippen LogP contribution in [0.4, 0.5) is 5.69 Å². The van der Waals surface area contributed by atoms with Crippen LogP contribution in [0.5, 0.6) is 11.5 Å². The molecule has 2 N–H and O–H groups in total. The molecule has 7 heteroatoms. The number of hydrazone groups is 1. The lowest BCUT2D eigenvalue weighted by molar-refractivity contribution is 0.355. The molecule has 0 saturated heterocycles. The molecule has 23 heavy (non-hydrogen) atoms. The fourth-order valence-corrected chi connectivity index (χ4v) is 2.18. The molecular weight excluding hydrogens is 334 g/mol. The van der Waals surface area contributed by atoms with E-state index in [1.54, 1.807) is 32.6 Å². The van der Waals surface area contributed by atoms with Gasteiger partial charge in [0.15, 0.2) is 16.6 Å². The van der Waals surface area contributed by atoms with Crippen molar-refractivity contribution in [3.05, 3.63) is 53.1 Å². The maximum absolute atomic E-state index is 5.91. The Kier molecular flexibility index (Phi) is 6.19. The Balaban J connectivity index is 1.94. The van der Waals surface area contributed by atoms with Gasteiger partial charge < -0.3 is 14.8 Å². The average Bonchev–Trinajstić information content (AvgIpc) is 2.54. The van der Waals surface area contributed by atoms with Gasteiger partial charge >= 0.3 is 0 Å². The lowest BCUT2D eigenvalue weighted by Gasteiger charge is -2.08. The number of benzene rings is 2. The van der Waals surface area contributed by atoms with Crippen LogP contribution in [0, 0.1) is 0 Å². The molecule has 0 aromatic heterocycles. The third kappa shape index (κ3) is 5.12. The quantitative estimate of drug-likeness (QED) is 0.490. The second kappa shape index (κ2) is 8.36. The van der Waals surface area contributed by atoms with Crippen molar-refractivity contribution >= 4 is 40.8 Å². The highest BCUT2D eigenvalue weighted by Crippen LogP contribution is 2.26. The molecule has 0 heterocycles. The van der Waals surface area contributed by atoms with Crippen molar-refractivity contribution < 1.29 is 9.47 Å². The minimum absolute atomic E-state index is 0.365. The number of nitrogens with zero attached hydrogens (tertiary/aromatic N) is 1. The van der Waals surface area contributed by atoms with Gasteiger partial charge in [-0.25, -0.2) is 0 Å². The average molecular weight is 350 g/mol. The second-order valence-electron chi connectivity index (χ2n) is 4.45. The summed E-state index contributed by atoms with van der Waals surface area (Å²) in [4.78, 5) is 0. The third-order valence-electron chi connectivity index (χ3n) is 2.87. The van der Waals surface area contributed by atoms with Crippen molar-refractivity contribution in [3.63, 3.8) is 0 Å². The molecule has 0 aliphatic carbocycles. The van der Waals surface area contributed by atoms with E-state index in [1.807, 2.05) is 30.3 Å². The van der Waals surface area contributed by atoms with Crippen LogP contribution in [-0.4, -0.2) is 25.5 Å². The zero-order valence-electron chi connectivity index (χ0n) is 12.7. The smallest absolute Gasteiger partial charge is 0.191 e. The standard InChI is InChI=1S/C16H16ClN3O2S/c1-21-14-7-6-11(8-15(14)22-2)10-18-20-16(23)19-13-5-3-4-12(17)9-13/h3-10H,1-2H3,(H2,19,20,23)/b18-10-. The number of hydrogen-bond donors (Lipinski definition) is 2. The predicted octanol–water partition coefficient (Wildman–Crippen LogP) is 3.68. The molecule has 0 fully saturated rings. The van der Waals surface area contributed by atoms with E-state index in [0.29, 0.717) is 21.6 Å². The maximum Gasteiger partial charge on any atom is 0.191 e. The van der Waals surface area contributed by atoms with Gasteiger partial charge in [0.2, 0.25) is 0 Å². The SMILES string of the molecule is COc1ccc(/C=N\NC(=S)Nc2cccc(Cl)c2)cc1OC. The minimum atomic E-state index is 0.365. The molecule has 0 spiro atoms. The van der Waals surface area contributed by atoms with E-state index in [-0.39, 0.29) is 0 Å². The van der Waals surface area contributed by atoms with E-state index >= 15 is 0 Å². The van der Waals surface area contributed by atoms with Gasteiger partial charge in [0, 0.05) is 10.7 Å².